The maximum atomic E-state index is 13.3. The van der Waals surface area contributed by atoms with Gasteiger partial charge in [0.25, 0.3) is 0 Å². The highest BCUT2D eigenvalue weighted by molar-refractivity contribution is 7.89. The fourth-order valence-corrected chi connectivity index (χ4v) is 7.14. The summed E-state index contributed by atoms with van der Waals surface area (Å²) < 4.78 is 33.6. The predicted octanol–water partition coefficient (Wildman–Crippen LogP) is 0.878. The number of rotatable bonds is 8. The van der Waals surface area contributed by atoms with Crippen LogP contribution in [0.2, 0.25) is 0 Å². The number of hydrazine groups is 1. The highest BCUT2D eigenvalue weighted by atomic mass is 32.2. The number of ether oxygens (including phenoxy) is 1. The van der Waals surface area contributed by atoms with E-state index in [2.05, 4.69) is 31.5 Å². The number of benzene rings is 1. The second-order valence-electron chi connectivity index (χ2n) is 9.07. The van der Waals surface area contributed by atoms with Crippen molar-refractivity contribution in [2.75, 3.05) is 24.4 Å². The van der Waals surface area contributed by atoms with E-state index in [1.807, 2.05) is 6.07 Å². The topological polar surface area (TPSA) is 141 Å². The van der Waals surface area contributed by atoms with Crippen LogP contribution in [-0.4, -0.2) is 71.8 Å². The SMILES string of the molecule is COc1cc(NC2CC(CO)NN2)nc(NC2C[C@H]3CC[C@@H](C2)N3S(=O)(=O)c2ccccc2)n1. The predicted molar refractivity (Wildman–Crippen MR) is 127 cm³/mol. The first-order chi connectivity index (χ1) is 16.5. The van der Waals surface area contributed by atoms with Crippen molar-refractivity contribution >= 4 is 21.8 Å². The largest absolute Gasteiger partial charge is 0.481 e. The Hall–Kier alpha value is -2.51. The van der Waals surface area contributed by atoms with Gasteiger partial charge in [0.05, 0.1) is 24.8 Å². The van der Waals surface area contributed by atoms with Crippen molar-refractivity contribution in [2.45, 2.75) is 67.3 Å². The average molecular weight is 490 g/mol. The van der Waals surface area contributed by atoms with Crippen LogP contribution >= 0.6 is 0 Å². The molecule has 4 heterocycles. The van der Waals surface area contributed by atoms with E-state index < -0.39 is 10.0 Å². The van der Waals surface area contributed by atoms with Gasteiger partial charge in [0.2, 0.25) is 21.9 Å². The first-order valence-corrected chi connectivity index (χ1v) is 13.1. The molecule has 0 amide bonds. The summed E-state index contributed by atoms with van der Waals surface area (Å²) in [6, 6.07) is 10.3. The molecule has 2 aromatic rings. The van der Waals surface area contributed by atoms with Gasteiger partial charge in [0, 0.05) is 36.7 Å². The number of nitrogens with one attached hydrogen (secondary N) is 4. The van der Waals surface area contributed by atoms with Crippen molar-refractivity contribution < 1.29 is 18.3 Å². The van der Waals surface area contributed by atoms with Crippen LogP contribution in [0.25, 0.3) is 0 Å². The van der Waals surface area contributed by atoms with Crippen LogP contribution in [-0.2, 0) is 10.0 Å². The van der Waals surface area contributed by atoms with Crippen LogP contribution in [0, 0.1) is 0 Å². The zero-order chi connectivity index (χ0) is 23.7. The highest BCUT2D eigenvalue weighted by Crippen LogP contribution is 2.40. The van der Waals surface area contributed by atoms with E-state index in [0.29, 0.717) is 41.8 Å². The summed E-state index contributed by atoms with van der Waals surface area (Å²) in [7, 11) is -1.96. The molecule has 0 saturated carbocycles. The molecule has 0 radical (unpaired) electrons. The molecule has 12 heteroatoms. The number of hydrogen-bond donors (Lipinski definition) is 5. The van der Waals surface area contributed by atoms with Gasteiger partial charge in [-0.25, -0.2) is 13.8 Å². The lowest BCUT2D eigenvalue weighted by Crippen LogP contribution is -2.49. The van der Waals surface area contributed by atoms with Crippen molar-refractivity contribution in [3.05, 3.63) is 36.4 Å². The average Bonchev–Trinajstić information content (AvgIpc) is 3.41. The molecule has 3 unspecified atom stereocenters. The van der Waals surface area contributed by atoms with Crippen molar-refractivity contribution in [3.63, 3.8) is 0 Å². The minimum atomic E-state index is -3.52. The van der Waals surface area contributed by atoms with Gasteiger partial charge >= 0.3 is 0 Å². The van der Waals surface area contributed by atoms with Gasteiger partial charge in [0.15, 0.2) is 0 Å². The van der Waals surface area contributed by atoms with Crippen molar-refractivity contribution in [2.24, 2.45) is 0 Å². The van der Waals surface area contributed by atoms with Crippen LogP contribution in [0.5, 0.6) is 5.88 Å². The molecule has 1 aromatic heterocycles. The number of anilines is 2. The van der Waals surface area contributed by atoms with Crippen molar-refractivity contribution in [1.29, 1.82) is 0 Å². The van der Waals surface area contributed by atoms with Crippen LogP contribution in [0.3, 0.4) is 0 Å². The molecule has 5 N–H and O–H groups in total. The number of nitrogens with zero attached hydrogens (tertiary/aromatic N) is 3. The number of fused-ring (bicyclic) bond motifs is 2. The number of aromatic nitrogens is 2. The van der Waals surface area contributed by atoms with Gasteiger partial charge in [-0.1, -0.05) is 18.2 Å². The smallest absolute Gasteiger partial charge is 0.243 e. The molecule has 3 fully saturated rings. The van der Waals surface area contributed by atoms with Gasteiger partial charge in [-0.3, -0.25) is 5.43 Å². The molecule has 5 rings (SSSR count). The maximum Gasteiger partial charge on any atom is 0.243 e. The molecule has 3 aliphatic heterocycles. The Morgan fingerprint density at radius 2 is 1.82 bits per heavy atom. The molecule has 11 nitrogen and oxygen atoms in total. The van der Waals surface area contributed by atoms with Crippen molar-refractivity contribution in [3.8, 4) is 5.88 Å². The third-order valence-corrected chi connectivity index (χ3v) is 8.77. The second kappa shape index (κ2) is 9.62. The number of hydrogen-bond acceptors (Lipinski definition) is 10. The Labute approximate surface area is 199 Å². The molecular weight excluding hydrogens is 458 g/mol. The molecule has 5 atom stereocenters. The van der Waals surface area contributed by atoms with Crippen molar-refractivity contribution in [1.82, 2.24) is 25.1 Å². The molecule has 3 aliphatic rings. The van der Waals surface area contributed by atoms with Gasteiger partial charge in [0.1, 0.15) is 5.82 Å². The molecule has 1 aromatic carbocycles. The van der Waals surface area contributed by atoms with E-state index in [0.717, 1.165) is 12.8 Å². The highest BCUT2D eigenvalue weighted by Gasteiger charge is 2.47. The minimum Gasteiger partial charge on any atom is -0.481 e. The number of methoxy groups -OCH3 is 1. The zero-order valence-electron chi connectivity index (χ0n) is 19.0. The number of aliphatic hydroxyl groups is 1. The molecule has 2 bridgehead atoms. The lowest BCUT2D eigenvalue weighted by molar-refractivity contribution is 0.234. The Balaban J connectivity index is 1.28. The van der Waals surface area contributed by atoms with E-state index >= 15 is 0 Å². The van der Waals surface area contributed by atoms with E-state index in [-0.39, 0.29) is 36.9 Å². The van der Waals surface area contributed by atoms with Crippen LogP contribution < -0.4 is 26.2 Å². The van der Waals surface area contributed by atoms with Gasteiger partial charge in [-0.15, -0.1) is 0 Å². The standard InChI is InChI=1S/C22H31N7O4S/c1-33-21-12-19(24-20-11-15(13-30)27-28-20)25-22(26-21)23-14-9-16-7-8-17(10-14)29(16)34(31,32)18-5-3-2-4-6-18/h2-6,12,14-17,20,27-28,30H,7-11,13H2,1H3,(H2,23,24,25,26)/t14?,15?,16-,17+,20?. The normalized spacial score (nSPS) is 29.2. The van der Waals surface area contributed by atoms with Gasteiger partial charge in [-0.2, -0.15) is 14.3 Å². The quantitative estimate of drug-likeness (QED) is 0.363. The van der Waals surface area contributed by atoms with E-state index in [1.54, 1.807) is 41.7 Å². The van der Waals surface area contributed by atoms with E-state index in [9.17, 15) is 13.5 Å². The second-order valence-corrected chi connectivity index (χ2v) is 10.9. The van der Waals surface area contributed by atoms with Crippen LogP contribution in [0.4, 0.5) is 11.8 Å². The number of piperidine rings is 1. The fraction of sp³-hybridized carbons (Fsp3) is 0.545. The molecule has 0 spiro atoms. The zero-order valence-corrected chi connectivity index (χ0v) is 19.8. The number of sulfonamides is 1. The Kier molecular flexibility index (Phi) is 6.58. The van der Waals surface area contributed by atoms with E-state index in [4.69, 9.17) is 4.74 Å². The summed E-state index contributed by atoms with van der Waals surface area (Å²) in [6.45, 7) is 0.0477. The lowest BCUT2D eigenvalue weighted by Gasteiger charge is -2.38. The summed E-state index contributed by atoms with van der Waals surface area (Å²) in [5, 5.41) is 16.0. The molecule has 34 heavy (non-hydrogen) atoms. The van der Waals surface area contributed by atoms with Gasteiger partial charge < -0.3 is 20.5 Å². The Morgan fingerprint density at radius 1 is 1.09 bits per heavy atom. The van der Waals surface area contributed by atoms with E-state index in [1.165, 1.54) is 0 Å². The summed E-state index contributed by atoms with van der Waals surface area (Å²) in [4.78, 5) is 9.40. The molecule has 3 saturated heterocycles. The molecule has 184 valence electrons. The lowest BCUT2D eigenvalue weighted by atomic mass is 10.00. The molecule has 0 aliphatic carbocycles. The first-order valence-electron chi connectivity index (χ1n) is 11.6. The maximum absolute atomic E-state index is 13.3. The number of aliphatic hydroxyl groups excluding tert-OH is 1. The third-order valence-electron chi connectivity index (χ3n) is 6.75. The van der Waals surface area contributed by atoms with Crippen LogP contribution in [0.1, 0.15) is 32.1 Å². The van der Waals surface area contributed by atoms with Crippen LogP contribution in [0.15, 0.2) is 41.3 Å². The summed E-state index contributed by atoms with van der Waals surface area (Å²) in [6.07, 6.45) is 3.70. The Morgan fingerprint density at radius 3 is 2.47 bits per heavy atom. The molecular formula is C22H31N7O4S. The summed E-state index contributed by atoms with van der Waals surface area (Å²) >= 11 is 0. The monoisotopic (exact) mass is 489 g/mol. The minimum absolute atomic E-state index is 0.0216. The first kappa shape index (κ1) is 23.2. The third kappa shape index (κ3) is 4.68. The Bertz CT molecular complexity index is 1090. The van der Waals surface area contributed by atoms with Gasteiger partial charge in [-0.05, 0) is 37.8 Å². The fourth-order valence-electron chi connectivity index (χ4n) is 5.22. The summed E-state index contributed by atoms with van der Waals surface area (Å²) in [5.41, 5.74) is 6.12. The summed E-state index contributed by atoms with van der Waals surface area (Å²) in [5.74, 6) is 1.46.